The molecule has 44 heavy (non-hydrogen) atoms. The van der Waals surface area contributed by atoms with Gasteiger partial charge < -0.3 is 15.1 Å². The minimum absolute atomic E-state index is 0.00851. The number of para-hydroxylation sites is 1. The first-order valence-corrected chi connectivity index (χ1v) is 16.2. The maximum absolute atomic E-state index is 15.6. The third kappa shape index (κ3) is 4.49. The highest BCUT2D eigenvalue weighted by atomic mass is 35.5. The molecular formula is C33H32ClFN6O2S. The van der Waals surface area contributed by atoms with E-state index in [4.69, 9.17) is 21.6 Å². The molecule has 0 spiro atoms. The molecule has 1 saturated carbocycles. The quantitative estimate of drug-likeness (QED) is 0.274. The van der Waals surface area contributed by atoms with Gasteiger partial charge in [-0.25, -0.2) is 18.7 Å². The summed E-state index contributed by atoms with van der Waals surface area (Å²) in [5.74, 6) is 0.875. The van der Waals surface area contributed by atoms with E-state index in [2.05, 4.69) is 37.6 Å². The van der Waals surface area contributed by atoms with Crippen LogP contribution >= 0.6 is 23.4 Å². The molecule has 2 bridgehead atoms. The summed E-state index contributed by atoms with van der Waals surface area (Å²) in [6.07, 6.45) is 1.35. The number of hydrogen-bond acceptors (Lipinski definition) is 7. The van der Waals surface area contributed by atoms with Gasteiger partial charge in [-0.05, 0) is 41.8 Å². The topological polar surface area (TPSA) is 83.4 Å². The Kier molecular flexibility index (Phi) is 7.16. The fourth-order valence-corrected chi connectivity index (χ4v) is 8.00. The number of piperazine rings is 1. The highest BCUT2D eigenvalue weighted by molar-refractivity contribution is 7.99. The van der Waals surface area contributed by atoms with Crippen molar-refractivity contribution >= 4 is 51.8 Å². The van der Waals surface area contributed by atoms with Crippen molar-refractivity contribution in [3.05, 3.63) is 82.0 Å². The number of carbonyl (C=O) groups is 1. The number of fused-ring (bicyclic) bond motifs is 6. The summed E-state index contributed by atoms with van der Waals surface area (Å²) in [5.41, 5.74) is 2.69. The van der Waals surface area contributed by atoms with Crippen LogP contribution in [0.15, 0.2) is 64.8 Å². The van der Waals surface area contributed by atoms with Gasteiger partial charge in [0.15, 0.2) is 5.65 Å². The number of benzene rings is 2. The number of amides is 1. The van der Waals surface area contributed by atoms with Gasteiger partial charge in [0, 0.05) is 41.9 Å². The van der Waals surface area contributed by atoms with Crippen molar-refractivity contribution in [2.24, 2.45) is 5.92 Å². The number of rotatable bonds is 3. The number of nitrogens with zero attached hydrogens (tertiary/aromatic N) is 5. The predicted octanol–water partition coefficient (Wildman–Crippen LogP) is 6.10. The number of carbonyl (C=O) groups excluding carboxylic acids is 1. The minimum Gasteiger partial charge on any atom is -0.384 e. The van der Waals surface area contributed by atoms with Crippen LogP contribution in [0.1, 0.15) is 32.3 Å². The largest absolute Gasteiger partial charge is 0.384 e. The van der Waals surface area contributed by atoms with Gasteiger partial charge in [-0.15, -0.1) is 11.8 Å². The summed E-state index contributed by atoms with van der Waals surface area (Å²) < 4.78 is 17.1. The Bertz CT molecular complexity index is 1910. The first-order chi connectivity index (χ1) is 21.2. The van der Waals surface area contributed by atoms with Gasteiger partial charge in [-0.2, -0.15) is 4.98 Å². The average Bonchev–Trinajstić information content (AvgIpc) is 3.68. The normalized spacial score (nSPS) is 20.7. The fraction of sp³-hybridized carbons (Fsp3) is 0.333. The van der Waals surface area contributed by atoms with Crippen LogP contribution in [-0.2, 0) is 4.79 Å². The average molecular weight is 631 g/mol. The summed E-state index contributed by atoms with van der Waals surface area (Å²) in [7, 11) is 0. The van der Waals surface area contributed by atoms with Gasteiger partial charge in [-0.1, -0.05) is 57.2 Å². The van der Waals surface area contributed by atoms with Crippen molar-refractivity contribution in [3.8, 4) is 16.9 Å². The van der Waals surface area contributed by atoms with Crippen LogP contribution in [0.3, 0.4) is 0 Å². The Morgan fingerprint density at radius 1 is 1.18 bits per heavy atom. The van der Waals surface area contributed by atoms with Crippen LogP contribution in [0.5, 0.6) is 0 Å². The van der Waals surface area contributed by atoms with Gasteiger partial charge >= 0.3 is 5.69 Å². The number of halogens is 2. The Hall–Kier alpha value is -3.89. The zero-order valence-corrected chi connectivity index (χ0v) is 26.3. The highest BCUT2D eigenvalue weighted by Crippen LogP contribution is 2.47. The van der Waals surface area contributed by atoms with Crippen LogP contribution in [0, 0.1) is 11.7 Å². The van der Waals surface area contributed by atoms with Crippen LogP contribution in [-0.4, -0.2) is 62.8 Å². The van der Waals surface area contributed by atoms with Crippen LogP contribution < -0.4 is 15.9 Å². The lowest BCUT2D eigenvalue weighted by Gasteiger charge is -2.35. The molecule has 2 aromatic carbocycles. The second-order valence-corrected chi connectivity index (χ2v) is 13.3. The maximum Gasteiger partial charge on any atom is 0.355 e. The molecule has 1 aliphatic carbocycles. The second-order valence-electron chi connectivity index (χ2n) is 11.8. The monoisotopic (exact) mass is 630 g/mol. The molecule has 0 radical (unpaired) electrons. The Morgan fingerprint density at radius 3 is 2.75 bits per heavy atom. The molecule has 8 nitrogen and oxygen atoms in total. The third-order valence-corrected chi connectivity index (χ3v) is 10.3. The van der Waals surface area contributed by atoms with E-state index < -0.39 is 11.5 Å². The Morgan fingerprint density at radius 2 is 1.98 bits per heavy atom. The van der Waals surface area contributed by atoms with E-state index in [0.717, 1.165) is 16.1 Å². The van der Waals surface area contributed by atoms with Crippen molar-refractivity contribution in [1.29, 1.82) is 0 Å². The van der Waals surface area contributed by atoms with Crippen molar-refractivity contribution in [2.45, 2.75) is 43.7 Å². The van der Waals surface area contributed by atoms with Crippen molar-refractivity contribution in [3.63, 3.8) is 0 Å². The van der Waals surface area contributed by atoms with E-state index in [1.165, 1.54) is 12.1 Å². The molecule has 226 valence electrons. The highest BCUT2D eigenvalue weighted by Gasteiger charge is 2.58. The van der Waals surface area contributed by atoms with E-state index in [1.807, 2.05) is 29.2 Å². The van der Waals surface area contributed by atoms with Crippen molar-refractivity contribution < 1.29 is 9.18 Å². The van der Waals surface area contributed by atoms with E-state index in [1.54, 1.807) is 28.5 Å². The molecule has 4 aromatic rings. The molecule has 4 heterocycles. The zero-order chi connectivity index (χ0) is 30.9. The number of pyridine rings is 1. The summed E-state index contributed by atoms with van der Waals surface area (Å²) in [6.45, 7) is 11.5. The predicted molar refractivity (Wildman–Crippen MR) is 175 cm³/mol. The number of aromatic nitrogens is 3. The summed E-state index contributed by atoms with van der Waals surface area (Å²) in [5, 5.41) is 4.22. The molecule has 0 unspecified atom stereocenters. The number of nitrogens with one attached hydrogen (secondary N) is 1. The lowest BCUT2D eigenvalue weighted by atomic mass is 10.0. The number of anilines is 2. The van der Waals surface area contributed by atoms with Gasteiger partial charge in [0.25, 0.3) is 0 Å². The smallest absolute Gasteiger partial charge is 0.355 e. The van der Waals surface area contributed by atoms with E-state index >= 15 is 4.39 Å². The van der Waals surface area contributed by atoms with E-state index in [-0.39, 0.29) is 46.1 Å². The molecule has 2 fully saturated rings. The van der Waals surface area contributed by atoms with Gasteiger partial charge in [-0.3, -0.25) is 4.79 Å². The first-order valence-electron chi connectivity index (χ1n) is 14.8. The summed E-state index contributed by atoms with van der Waals surface area (Å²) in [6, 6.07) is 12.6. The molecule has 1 amide bonds. The van der Waals surface area contributed by atoms with E-state index in [9.17, 15) is 9.59 Å². The number of thioether (sulfide) groups is 1. The summed E-state index contributed by atoms with van der Waals surface area (Å²) >= 11 is 8.58. The van der Waals surface area contributed by atoms with Gasteiger partial charge in [0.1, 0.15) is 11.6 Å². The molecule has 1 saturated heterocycles. The molecule has 2 aromatic heterocycles. The van der Waals surface area contributed by atoms with Crippen LogP contribution in [0.2, 0.25) is 5.02 Å². The molecule has 2 aliphatic heterocycles. The van der Waals surface area contributed by atoms with Crippen LogP contribution in [0.4, 0.5) is 15.9 Å². The molecular weight excluding hydrogens is 599 g/mol. The lowest BCUT2D eigenvalue weighted by molar-refractivity contribution is -0.127. The Balaban J connectivity index is 1.54. The van der Waals surface area contributed by atoms with Crippen molar-refractivity contribution in [1.82, 2.24) is 19.4 Å². The molecule has 1 N–H and O–H groups in total. The zero-order valence-electron chi connectivity index (χ0n) is 24.7. The summed E-state index contributed by atoms with van der Waals surface area (Å²) in [4.78, 5) is 41.5. The van der Waals surface area contributed by atoms with Crippen LogP contribution in [0.25, 0.3) is 28.0 Å². The Labute approximate surface area is 263 Å². The molecule has 7 rings (SSSR count). The first kappa shape index (κ1) is 28.9. The third-order valence-electron chi connectivity index (χ3n) is 8.92. The van der Waals surface area contributed by atoms with Crippen molar-refractivity contribution in [2.75, 3.05) is 35.6 Å². The standard InChI is InChI=1S/C33H32ClFN6O2S/c1-5-25(42)39-13-14-40(29-18(4)28(29)39)31-20-16-21(34)27-26-22(35)9-7-10-23(26)36-12-15-44-24-11-6-8-19(17(2)3)30(24)41(32(20)37-27)33(43)38-31/h5-11,16-18,28-29,36H,1,12-15H2,2-4H3/t18-,28+,29-/m1/s1. The second kappa shape index (κ2) is 10.9. The van der Waals surface area contributed by atoms with E-state index in [0.29, 0.717) is 47.9 Å². The molecule has 3 atom stereocenters. The fourth-order valence-electron chi connectivity index (χ4n) is 6.81. The van der Waals surface area contributed by atoms with Gasteiger partial charge in [0.2, 0.25) is 5.91 Å². The SMILES string of the molecule is C=CC(=O)N1CCN(c2nc(=O)n3c4nc(c(Cl)cc24)-c2c(F)cccc2NCCSc2cccc(C(C)C)c2-3)[C@@H]2[C@H](C)[C@@H]21. The molecule has 11 heteroatoms. The molecule has 3 aliphatic rings. The number of hydrogen-bond donors (Lipinski definition) is 1. The maximum atomic E-state index is 15.6. The minimum atomic E-state index is -0.471. The van der Waals surface area contributed by atoms with Gasteiger partial charge in [0.05, 0.1) is 39.4 Å². The lowest BCUT2D eigenvalue weighted by Crippen LogP contribution is -2.49.